The molecule has 0 fully saturated rings. The highest BCUT2D eigenvalue weighted by Gasteiger charge is 2.20. The van der Waals surface area contributed by atoms with Crippen LogP contribution in [-0.2, 0) is 10.0 Å². The first-order valence-electron chi connectivity index (χ1n) is 9.10. The van der Waals surface area contributed by atoms with Crippen molar-refractivity contribution < 1.29 is 22.0 Å². The lowest BCUT2D eigenvalue weighted by molar-refractivity contribution is 0.102. The Hall–Kier alpha value is -3.76. The molecule has 3 aromatic carbocycles. The van der Waals surface area contributed by atoms with E-state index < -0.39 is 21.7 Å². The van der Waals surface area contributed by atoms with Gasteiger partial charge in [-0.15, -0.1) is 5.10 Å². The number of para-hydroxylation sites is 1. The molecule has 1 aromatic heterocycles. The molecule has 0 saturated carbocycles. The second-order valence-corrected chi connectivity index (χ2v) is 8.60. The predicted molar refractivity (Wildman–Crippen MR) is 116 cm³/mol. The number of carbonyl (C=O) groups excluding carboxylic acids is 1. The predicted octanol–water partition coefficient (Wildman–Crippen LogP) is 4.58. The normalized spacial score (nSPS) is 11.2. The molecule has 0 saturated heterocycles. The van der Waals surface area contributed by atoms with Gasteiger partial charge in [0.2, 0.25) is 5.89 Å². The van der Waals surface area contributed by atoms with Crippen LogP contribution in [0.3, 0.4) is 0 Å². The number of aromatic nitrogens is 2. The van der Waals surface area contributed by atoms with Crippen LogP contribution in [0, 0.1) is 5.82 Å². The van der Waals surface area contributed by atoms with Crippen molar-refractivity contribution in [2.24, 2.45) is 0 Å². The first-order valence-corrected chi connectivity index (χ1v) is 11.0. The Morgan fingerprint density at radius 3 is 2.34 bits per heavy atom. The van der Waals surface area contributed by atoms with Crippen molar-refractivity contribution in [2.45, 2.75) is 4.90 Å². The zero-order valence-corrected chi connectivity index (χ0v) is 17.7. The summed E-state index contributed by atoms with van der Waals surface area (Å²) >= 11 is 5.86. The van der Waals surface area contributed by atoms with Crippen LogP contribution in [0.1, 0.15) is 10.4 Å². The van der Waals surface area contributed by atoms with Crippen LogP contribution in [0.2, 0.25) is 5.02 Å². The lowest BCUT2D eigenvalue weighted by atomic mass is 10.2. The highest BCUT2D eigenvalue weighted by Crippen LogP contribution is 2.24. The minimum absolute atomic E-state index is 0.0180. The number of anilines is 2. The number of sulfonamides is 1. The van der Waals surface area contributed by atoms with Gasteiger partial charge in [0, 0.05) is 10.6 Å². The standard InChI is InChI=1S/C21H14ClFN4O4S/c22-14-7-5-13(6-8-14)20-25-26-21(31-20)24-19(28)17-3-1-2-4-18(17)27-32(29,30)16-11-9-15(23)10-12-16/h1-12,27H,(H,24,26,28). The van der Waals surface area contributed by atoms with Gasteiger partial charge in [-0.3, -0.25) is 14.8 Å². The van der Waals surface area contributed by atoms with Crippen LogP contribution in [0.5, 0.6) is 0 Å². The fourth-order valence-corrected chi connectivity index (χ4v) is 3.94. The van der Waals surface area contributed by atoms with Crippen molar-refractivity contribution in [3.63, 3.8) is 0 Å². The molecule has 0 spiro atoms. The average Bonchev–Trinajstić information content (AvgIpc) is 3.23. The van der Waals surface area contributed by atoms with Gasteiger partial charge in [0.1, 0.15) is 5.82 Å². The molecule has 0 aliphatic heterocycles. The van der Waals surface area contributed by atoms with E-state index in [9.17, 15) is 17.6 Å². The highest BCUT2D eigenvalue weighted by atomic mass is 35.5. The lowest BCUT2D eigenvalue weighted by Crippen LogP contribution is -2.18. The molecule has 0 atom stereocenters. The van der Waals surface area contributed by atoms with Gasteiger partial charge in [-0.2, -0.15) is 0 Å². The highest BCUT2D eigenvalue weighted by molar-refractivity contribution is 7.92. The van der Waals surface area contributed by atoms with Crippen LogP contribution < -0.4 is 10.0 Å². The topological polar surface area (TPSA) is 114 Å². The van der Waals surface area contributed by atoms with Crippen molar-refractivity contribution in [2.75, 3.05) is 10.0 Å². The third kappa shape index (κ3) is 4.76. The molecule has 0 aliphatic rings. The number of amides is 1. The number of nitrogens with zero attached hydrogens (tertiary/aromatic N) is 2. The summed E-state index contributed by atoms with van der Waals surface area (Å²) in [5.41, 5.74) is 0.644. The quantitative estimate of drug-likeness (QED) is 0.424. The molecule has 1 amide bonds. The molecule has 4 aromatic rings. The van der Waals surface area contributed by atoms with E-state index in [1.807, 2.05) is 0 Å². The summed E-state index contributed by atoms with van der Waals surface area (Å²) in [5.74, 6) is -1.07. The van der Waals surface area contributed by atoms with E-state index >= 15 is 0 Å². The van der Waals surface area contributed by atoms with Crippen molar-refractivity contribution in [3.8, 4) is 11.5 Å². The summed E-state index contributed by atoms with van der Waals surface area (Å²) < 4.78 is 46.1. The SMILES string of the molecule is O=C(Nc1nnc(-c2ccc(Cl)cc2)o1)c1ccccc1NS(=O)(=O)c1ccc(F)cc1. The fourth-order valence-electron chi connectivity index (χ4n) is 2.73. The van der Waals surface area contributed by atoms with Gasteiger partial charge in [-0.1, -0.05) is 28.8 Å². The van der Waals surface area contributed by atoms with E-state index in [2.05, 4.69) is 20.2 Å². The summed E-state index contributed by atoms with van der Waals surface area (Å²) in [6, 6.07) is 16.8. The van der Waals surface area contributed by atoms with Gasteiger partial charge in [-0.25, -0.2) is 12.8 Å². The molecule has 0 bridgehead atoms. The summed E-state index contributed by atoms with van der Waals surface area (Å²) in [7, 11) is -4.05. The number of nitrogens with one attached hydrogen (secondary N) is 2. The largest absolute Gasteiger partial charge is 0.403 e. The zero-order valence-electron chi connectivity index (χ0n) is 16.1. The van der Waals surface area contributed by atoms with Crippen LogP contribution in [0.4, 0.5) is 16.1 Å². The Balaban J connectivity index is 1.54. The Morgan fingerprint density at radius 2 is 1.62 bits per heavy atom. The lowest BCUT2D eigenvalue weighted by Gasteiger charge is -2.12. The van der Waals surface area contributed by atoms with Crippen molar-refractivity contribution >= 4 is 39.2 Å². The summed E-state index contributed by atoms with van der Waals surface area (Å²) in [6.45, 7) is 0. The molecule has 8 nitrogen and oxygen atoms in total. The van der Waals surface area contributed by atoms with Gasteiger partial charge in [0.25, 0.3) is 15.9 Å². The van der Waals surface area contributed by atoms with E-state index in [1.54, 1.807) is 36.4 Å². The van der Waals surface area contributed by atoms with Gasteiger partial charge in [-0.05, 0) is 60.7 Å². The Bertz CT molecular complexity index is 1370. The maximum Gasteiger partial charge on any atom is 0.322 e. The minimum Gasteiger partial charge on any atom is -0.403 e. The first-order chi connectivity index (χ1) is 15.3. The van der Waals surface area contributed by atoms with E-state index in [0.29, 0.717) is 10.6 Å². The van der Waals surface area contributed by atoms with Crippen LogP contribution in [0.25, 0.3) is 11.5 Å². The van der Waals surface area contributed by atoms with Gasteiger partial charge in [0.05, 0.1) is 16.1 Å². The van der Waals surface area contributed by atoms with E-state index in [1.165, 1.54) is 12.1 Å². The van der Waals surface area contributed by atoms with Crippen molar-refractivity contribution in [1.82, 2.24) is 10.2 Å². The monoisotopic (exact) mass is 472 g/mol. The molecule has 1 heterocycles. The molecule has 11 heteroatoms. The third-order valence-corrected chi connectivity index (χ3v) is 5.91. The van der Waals surface area contributed by atoms with Crippen molar-refractivity contribution in [1.29, 1.82) is 0 Å². The van der Waals surface area contributed by atoms with Crippen LogP contribution in [-0.4, -0.2) is 24.5 Å². The van der Waals surface area contributed by atoms with E-state index in [0.717, 1.165) is 24.3 Å². The molecular formula is C21H14ClFN4O4S. The Morgan fingerprint density at radius 1 is 0.938 bits per heavy atom. The number of hydrogen-bond acceptors (Lipinski definition) is 6. The van der Waals surface area contributed by atoms with Crippen molar-refractivity contribution in [3.05, 3.63) is 89.2 Å². The Kier molecular flexibility index (Phi) is 5.89. The maximum atomic E-state index is 13.1. The average molecular weight is 473 g/mol. The fraction of sp³-hybridized carbons (Fsp3) is 0. The third-order valence-electron chi connectivity index (χ3n) is 4.28. The number of benzene rings is 3. The van der Waals surface area contributed by atoms with Gasteiger partial charge >= 0.3 is 6.01 Å². The smallest absolute Gasteiger partial charge is 0.322 e. The zero-order chi connectivity index (χ0) is 22.7. The van der Waals surface area contributed by atoms with Crippen LogP contribution in [0.15, 0.2) is 82.1 Å². The molecule has 162 valence electrons. The summed E-state index contributed by atoms with van der Waals surface area (Å²) in [5, 5.41) is 10.6. The maximum absolute atomic E-state index is 13.1. The minimum atomic E-state index is -4.05. The van der Waals surface area contributed by atoms with E-state index in [-0.39, 0.29) is 28.1 Å². The van der Waals surface area contributed by atoms with E-state index in [4.69, 9.17) is 16.0 Å². The number of hydrogen-bond donors (Lipinski definition) is 2. The molecule has 4 rings (SSSR count). The number of carbonyl (C=O) groups is 1. The summed E-state index contributed by atoms with van der Waals surface area (Å²) in [4.78, 5) is 12.6. The van der Waals surface area contributed by atoms with Gasteiger partial charge in [0.15, 0.2) is 0 Å². The van der Waals surface area contributed by atoms with Crippen LogP contribution >= 0.6 is 11.6 Å². The summed E-state index contributed by atoms with van der Waals surface area (Å²) in [6.07, 6.45) is 0. The molecular weight excluding hydrogens is 459 g/mol. The van der Waals surface area contributed by atoms with Gasteiger partial charge < -0.3 is 4.42 Å². The molecule has 2 N–H and O–H groups in total. The molecule has 0 radical (unpaired) electrons. The second-order valence-electron chi connectivity index (χ2n) is 6.48. The molecule has 32 heavy (non-hydrogen) atoms. The second kappa shape index (κ2) is 8.77. The molecule has 0 unspecified atom stereocenters. The Labute approximate surface area is 187 Å². The number of halogens is 2. The molecule has 0 aliphatic carbocycles. The number of rotatable bonds is 6. The first kappa shape index (κ1) is 21.5.